The summed E-state index contributed by atoms with van der Waals surface area (Å²) in [5.41, 5.74) is 4.69. The summed E-state index contributed by atoms with van der Waals surface area (Å²) in [4.78, 5) is 24.4. The number of aryl methyl sites for hydroxylation is 1. The lowest BCUT2D eigenvalue weighted by molar-refractivity contribution is -0.160. The van der Waals surface area contributed by atoms with E-state index in [1.807, 2.05) is 17.5 Å². The second-order valence-electron chi connectivity index (χ2n) is 11.9. The molecule has 1 saturated heterocycles. The van der Waals surface area contributed by atoms with Crippen molar-refractivity contribution in [2.24, 2.45) is 16.2 Å². The van der Waals surface area contributed by atoms with E-state index in [2.05, 4.69) is 32.5 Å². The molecule has 6 rings (SSSR count). The zero-order chi connectivity index (χ0) is 30.8. The van der Waals surface area contributed by atoms with Gasteiger partial charge in [-0.1, -0.05) is 25.2 Å². The monoisotopic (exact) mass is 627 g/mol. The molecular formula is C30H36F3N9OS. The van der Waals surface area contributed by atoms with Crippen molar-refractivity contribution in [3.05, 3.63) is 54.3 Å². The maximum Gasteiger partial charge on any atom is 0.395 e. The Morgan fingerprint density at radius 1 is 1.23 bits per heavy atom. The van der Waals surface area contributed by atoms with Crippen LogP contribution in [0.5, 0.6) is 0 Å². The van der Waals surface area contributed by atoms with Crippen molar-refractivity contribution in [1.82, 2.24) is 34.4 Å². The van der Waals surface area contributed by atoms with E-state index in [1.54, 1.807) is 36.6 Å². The van der Waals surface area contributed by atoms with Gasteiger partial charge in [-0.25, -0.2) is 14.4 Å². The van der Waals surface area contributed by atoms with E-state index < -0.39 is 12.1 Å². The Kier molecular flexibility index (Phi) is 8.81. The Morgan fingerprint density at radius 2 is 2.09 bits per heavy atom. The van der Waals surface area contributed by atoms with Crippen molar-refractivity contribution in [2.45, 2.75) is 57.6 Å². The first-order chi connectivity index (χ1) is 21.1. The Morgan fingerprint density at radius 3 is 2.91 bits per heavy atom. The summed E-state index contributed by atoms with van der Waals surface area (Å²) in [6.07, 6.45) is 10.4. The van der Waals surface area contributed by atoms with Crippen LogP contribution >= 0.6 is 11.9 Å². The van der Waals surface area contributed by atoms with Crippen LogP contribution in [0.25, 0.3) is 16.9 Å². The van der Waals surface area contributed by atoms with Gasteiger partial charge < -0.3 is 10.6 Å². The third-order valence-electron chi connectivity index (χ3n) is 8.07. The highest BCUT2D eigenvalue weighted by molar-refractivity contribution is 7.99. The summed E-state index contributed by atoms with van der Waals surface area (Å²) in [5, 5.41) is 10.6. The average molecular weight is 628 g/mol. The Bertz CT molecular complexity index is 1610. The molecule has 2 N–H and O–H groups in total. The lowest BCUT2D eigenvalue weighted by atomic mass is 9.95. The SMILES string of the molecule is Cc1cn2c(-c3cnn(CC(=O)NCC4=CC(C(F)(F)F)CC=C4)c3)cnc2c(NC2CC(CN3CCCC(C)C3)=NS2)n1. The molecule has 14 heteroatoms. The van der Waals surface area contributed by atoms with Crippen molar-refractivity contribution in [3.63, 3.8) is 0 Å². The van der Waals surface area contributed by atoms with E-state index in [4.69, 9.17) is 9.38 Å². The minimum absolute atomic E-state index is 0.0224. The molecule has 0 saturated carbocycles. The number of aromatic nitrogens is 5. The topological polar surface area (TPSA) is 105 Å². The molecule has 3 aromatic rings. The van der Waals surface area contributed by atoms with Crippen molar-refractivity contribution < 1.29 is 18.0 Å². The summed E-state index contributed by atoms with van der Waals surface area (Å²) >= 11 is 1.54. The molecule has 2 aliphatic heterocycles. The number of imidazole rings is 1. The van der Waals surface area contributed by atoms with Crippen molar-refractivity contribution >= 4 is 35.0 Å². The number of alkyl halides is 3. The van der Waals surface area contributed by atoms with E-state index in [1.165, 1.54) is 35.4 Å². The predicted molar refractivity (Wildman–Crippen MR) is 165 cm³/mol. The number of piperidine rings is 1. The van der Waals surface area contributed by atoms with Crippen molar-refractivity contribution in [2.75, 3.05) is 31.5 Å². The van der Waals surface area contributed by atoms with Gasteiger partial charge in [0, 0.05) is 49.7 Å². The number of nitrogens with zero attached hydrogens (tertiary/aromatic N) is 7. The van der Waals surface area contributed by atoms with Crippen LogP contribution in [0, 0.1) is 18.8 Å². The average Bonchev–Trinajstić information content (AvgIpc) is 3.72. The second-order valence-corrected chi connectivity index (χ2v) is 12.8. The van der Waals surface area contributed by atoms with Gasteiger partial charge in [0.2, 0.25) is 5.91 Å². The van der Waals surface area contributed by atoms with Gasteiger partial charge >= 0.3 is 6.18 Å². The summed E-state index contributed by atoms with van der Waals surface area (Å²) < 4.78 is 47.4. The molecule has 3 unspecified atom stereocenters. The molecule has 44 heavy (non-hydrogen) atoms. The number of likely N-dealkylation sites (tertiary alicyclic amines) is 1. The van der Waals surface area contributed by atoms with E-state index in [-0.39, 0.29) is 30.8 Å². The van der Waals surface area contributed by atoms with Crippen LogP contribution in [0.3, 0.4) is 0 Å². The smallest absolute Gasteiger partial charge is 0.353 e. The van der Waals surface area contributed by atoms with Gasteiger partial charge in [-0.05, 0) is 56.2 Å². The van der Waals surface area contributed by atoms with Crippen LogP contribution in [0.4, 0.5) is 19.0 Å². The number of nitrogens with one attached hydrogen (secondary N) is 2. The van der Waals surface area contributed by atoms with Crippen LogP contribution in [-0.2, 0) is 11.3 Å². The summed E-state index contributed by atoms with van der Waals surface area (Å²) in [7, 11) is 0. The Hall–Kier alpha value is -3.65. The van der Waals surface area contributed by atoms with Gasteiger partial charge in [0.15, 0.2) is 11.5 Å². The fourth-order valence-electron chi connectivity index (χ4n) is 5.94. The molecular weight excluding hydrogens is 591 g/mol. The lowest BCUT2D eigenvalue weighted by Gasteiger charge is -2.30. The number of hydrogen-bond donors (Lipinski definition) is 2. The molecule has 5 heterocycles. The lowest BCUT2D eigenvalue weighted by Crippen LogP contribution is -2.38. The first-order valence-corrected chi connectivity index (χ1v) is 15.7. The van der Waals surface area contributed by atoms with E-state index in [0.29, 0.717) is 17.0 Å². The molecule has 0 radical (unpaired) electrons. The van der Waals surface area contributed by atoms with E-state index in [0.717, 1.165) is 48.9 Å². The summed E-state index contributed by atoms with van der Waals surface area (Å²) in [6, 6.07) is 0. The minimum Gasteiger partial charge on any atom is -0.353 e. The highest BCUT2D eigenvalue weighted by atomic mass is 32.2. The molecule has 1 aliphatic carbocycles. The van der Waals surface area contributed by atoms with Crippen molar-refractivity contribution in [3.8, 4) is 11.3 Å². The third-order valence-corrected chi connectivity index (χ3v) is 8.97. The molecule has 0 spiro atoms. The molecule has 3 aromatic heterocycles. The largest absolute Gasteiger partial charge is 0.395 e. The fourth-order valence-corrected chi connectivity index (χ4v) is 6.78. The Balaban J connectivity index is 1.07. The number of carbonyl (C=O) groups is 1. The Labute approximate surface area is 258 Å². The molecule has 1 amide bonds. The van der Waals surface area contributed by atoms with Crippen LogP contribution in [0.1, 0.15) is 38.3 Å². The van der Waals surface area contributed by atoms with E-state index >= 15 is 0 Å². The molecule has 3 aliphatic rings. The third kappa shape index (κ3) is 7.17. The minimum atomic E-state index is -4.30. The molecule has 234 valence electrons. The number of carbonyl (C=O) groups excluding carboxylic acids is 1. The van der Waals surface area contributed by atoms with Crippen LogP contribution < -0.4 is 10.6 Å². The first kappa shape index (κ1) is 30.4. The predicted octanol–water partition coefficient (Wildman–Crippen LogP) is 5.05. The van der Waals surface area contributed by atoms with Gasteiger partial charge in [-0.3, -0.25) is 18.8 Å². The number of hydrogen-bond acceptors (Lipinski definition) is 8. The first-order valence-electron chi connectivity index (χ1n) is 14.9. The van der Waals surface area contributed by atoms with Crippen LogP contribution in [0.15, 0.2) is 53.0 Å². The van der Waals surface area contributed by atoms with Gasteiger partial charge in [0.05, 0.1) is 29.7 Å². The fraction of sp³-hybridized carbons (Fsp3) is 0.500. The van der Waals surface area contributed by atoms with Crippen molar-refractivity contribution in [1.29, 1.82) is 0 Å². The maximum atomic E-state index is 13.1. The highest BCUT2D eigenvalue weighted by Gasteiger charge is 2.38. The molecule has 10 nitrogen and oxygen atoms in total. The van der Waals surface area contributed by atoms with Gasteiger partial charge in [-0.2, -0.15) is 18.3 Å². The summed E-state index contributed by atoms with van der Waals surface area (Å²) in [6.45, 7) is 7.36. The van der Waals surface area contributed by atoms with Crippen LogP contribution in [0.2, 0.25) is 0 Å². The molecule has 3 atom stereocenters. The number of amides is 1. The van der Waals surface area contributed by atoms with Crippen LogP contribution in [-0.4, -0.2) is 78.4 Å². The van der Waals surface area contributed by atoms with Gasteiger partial charge in [-0.15, -0.1) is 0 Å². The molecule has 0 aromatic carbocycles. The number of allylic oxidation sites excluding steroid dienone is 2. The number of anilines is 1. The highest BCUT2D eigenvalue weighted by Crippen LogP contribution is 2.33. The standard InChI is InChI=1S/C30H36F3N9OS/c1-19-5-4-8-40(14-19)17-24-10-27(44-39-24)38-28-29-35-13-25(42(29)15-20(2)37-28)22-12-36-41(16-22)18-26(43)34-11-21-6-3-7-23(9-21)30(31,32)33/h3,6,9,12-13,15-16,19,23,27H,4-5,7-8,10-11,14,17-18H2,1-2H3,(H,34,43)(H,37,38). The van der Waals surface area contributed by atoms with Gasteiger partial charge in [0.25, 0.3) is 0 Å². The quantitative estimate of drug-likeness (QED) is 0.320. The van der Waals surface area contributed by atoms with Gasteiger partial charge in [0.1, 0.15) is 11.9 Å². The summed E-state index contributed by atoms with van der Waals surface area (Å²) in [5.74, 6) is -0.458. The zero-order valence-electron chi connectivity index (χ0n) is 24.7. The van der Waals surface area contributed by atoms with E-state index in [9.17, 15) is 18.0 Å². The molecule has 1 fully saturated rings. The maximum absolute atomic E-state index is 13.1. The molecule has 0 bridgehead atoms. The zero-order valence-corrected chi connectivity index (χ0v) is 25.5. The number of rotatable bonds is 9. The number of fused-ring (bicyclic) bond motifs is 1. The normalized spacial score (nSPS) is 22.7. The second kappa shape index (κ2) is 12.8. The number of halogens is 3.